The van der Waals surface area contributed by atoms with Crippen LogP contribution in [-0.2, 0) is 0 Å². The van der Waals surface area contributed by atoms with Crippen molar-refractivity contribution in [3.05, 3.63) is 30.1 Å². The quantitative estimate of drug-likeness (QED) is 0.807. The molecule has 0 bridgehead atoms. The molecule has 15 heavy (non-hydrogen) atoms. The Hall–Kier alpha value is -0.640. The molecule has 1 aromatic heterocycles. The number of rotatable bonds is 2. The van der Waals surface area contributed by atoms with E-state index in [1.54, 1.807) is 6.20 Å². The van der Waals surface area contributed by atoms with Crippen molar-refractivity contribution in [2.45, 2.75) is 18.9 Å². The van der Waals surface area contributed by atoms with Gasteiger partial charge in [-0.25, -0.2) is 0 Å². The first-order valence-corrected chi connectivity index (χ1v) is 5.17. The number of aromatic nitrogens is 1. The summed E-state index contributed by atoms with van der Waals surface area (Å²) in [5.74, 6) is 0.367. The molecule has 1 aliphatic heterocycles. The van der Waals surface area contributed by atoms with Crippen molar-refractivity contribution < 1.29 is 5.11 Å². The van der Waals surface area contributed by atoms with Crippen LogP contribution in [0.1, 0.15) is 24.6 Å². The van der Waals surface area contributed by atoms with Gasteiger partial charge in [-0.3, -0.25) is 4.98 Å². The van der Waals surface area contributed by atoms with Crippen LogP contribution in [-0.4, -0.2) is 23.2 Å². The molecule has 0 radical (unpaired) electrons. The molecule has 2 rings (SSSR count). The molecule has 84 valence electrons. The molecule has 1 saturated heterocycles. The highest BCUT2D eigenvalue weighted by Crippen LogP contribution is 2.26. The summed E-state index contributed by atoms with van der Waals surface area (Å²) in [5.41, 5.74) is 0.805. The molecule has 0 amide bonds. The Morgan fingerprint density at radius 1 is 1.33 bits per heavy atom. The first-order valence-electron chi connectivity index (χ1n) is 5.17. The molecule has 1 atom stereocenters. The fourth-order valence-corrected chi connectivity index (χ4v) is 1.95. The number of nitrogens with one attached hydrogen (secondary N) is 1. The lowest BCUT2D eigenvalue weighted by Gasteiger charge is -2.26. The lowest BCUT2D eigenvalue weighted by Crippen LogP contribution is -2.31. The Balaban J connectivity index is 0.00000112. The van der Waals surface area contributed by atoms with Crippen molar-refractivity contribution in [1.82, 2.24) is 10.3 Å². The van der Waals surface area contributed by atoms with Crippen LogP contribution >= 0.6 is 12.4 Å². The van der Waals surface area contributed by atoms with Gasteiger partial charge in [0.15, 0.2) is 0 Å². The Labute approximate surface area is 96.3 Å². The van der Waals surface area contributed by atoms with Crippen LogP contribution in [0.15, 0.2) is 24.4 Å². The number of aliphatic hydroxyl groups is 1. The van der Waals surface area contributed by atoms with Crippen molar-refractivity contribution >= 4 is 12.4 Å². The normalized spacial score (nSPS) is 19.3. The third kappa shape index (κ3) is 3.16. The maximum absolute atomic E-state index is 10.1. The van der Waals surface area contributed by atoms with E-state index in [0.29, 0.717) is 5.92 Å². The number of hydrogen-bond donors (Lipinski definition) is 2. The molecule has 0 aliphatic carbocycles. The molecule has 0 spiro atoms. The van der Waals surface area contributed by atoms with Crippen molar-refractivity contribution in [3.63, 3.8) is 0 Å². The topological polar surface area (TPSA) is 45.2 Å². The fourth-order valence-electron chi connectivity index (χ4n) is 1.95. The van der Waals surface area contributed by atoms with Crippen LogP contribution < -0.4 is 5.32 Å². The predicted molar refractivity (Wildman–Crippen MR) is 62.0 cm³/mol. The van der Waals surface area contributed by atoms with Gasteiger partial charge < -0.3 is 10.4 Å². The van der Waals surface area contributed by atoms with E-state index in [4.69, 9.17) is 0 Å². The smallest absolute Gasteiger partial charge is 0.0988 e. The average Bonchev–Trinajstić information content (AvgIpc) is 2.30. The van der Waals surface area contributed by atoms with E-state index >= 15 is 0 Å². The van der Waals surface area contributed by atoms with E-state index in [-0.39, 0.29) is 12.4 Å². The molecule has 4 heteroatoms. The van der Waals surface area contributed by atoms with Gasteiger partial charge in [0, 0.05) is 6.20 Å². The van der Waals surface area contributed by atoms with Gasteiger partial charge >= 0.3 is 0 Å². The Morgan fingerprint density at radius 3 is 2.67 bits per heavy atom. The summed E-state index contributed by atoms with van der Waals surface area (Å²) < 4.78 is 0. The lowest BCUT2D eigenvalue weighted by molar-refractivity contribution is 0.0852. The maximum atomic E-state index is 10.1. The highest BCUT2D eigenvalue weighted by Gasteiger charge is 2.23. The van der Waals surface area contributed by atoms with Crippen LogP contribution in [0.4, 0.5) is 0 Å². The van der Waals surface area contributed by atoms with Gasteiger partial charge in [0.05, 0.1) is 11.8 Å². The van der Waals surface area contributed by atoms with E-state index in [1.807, 2.05) is 18.2 Å². The lowest BCUT2D eigenvalue weighted by atomic mass is 9.90. The minimum atomic E-state index is -0.390. The molecule has 2 N–H and O–H groups in total. The van der Waals surface area contributed by atoms with Gasteiger partial charge in [-0.05, 0) is 44.0 Å². The van der Waals surface area contributed by atoms with Crippen molar-refractivity contribution in [2.24, 2.45) is 5.92 Å². The SMILES string of the molecule is Cl.OC(c1ccccn1)C1CCNCC1. The molecule has 1 unspecified atom stereocenters. The summed E-state index contributed by atoms with van der Waals surface area (Å²) in [6.45, 7) is 2.02. The third-order valence-corrected chi connectivity index (χ3v) is 2.82. The summed E-state index contributed by atoms with van der Waals surface area (Å²) >= 11 is 0. The van der Waals surface area contributed by atoms with Crippen LogP contribution in [0.5, 0.6) is 0 Å². The Bertz CT molecular complexity index is 275. The van der Waals surface area contributed by atoms with E-state index in [9.17, 15) is 5.11 Å². The highest BCUT2D eigenvalue weighted by molar-refractivity contribution is 5.85. The summed E-state index contributed by atoms with van der Waals surface area (Å²) in [6, 6.07) is 5.69. The molecule has 2 heterocycles. The first kappa shape index (κ1) is 12.4. The van der Waals surface area contributed by atoms with E-state index < -0.39 is 6.10 Å². The van der Waals surface area contributed by atoms with Crippen molar-refractivity contribution in [2.75, 3.05) is 13.1 Å². The zero-order valence-corrected chi connectivity index (χ0v) is 9.41. The van der Waals surface area contributed by atoms with E-state index in [1.165, 1.54) is 0 Å². The van der Waals surface area contributed by atoms with Gasteiger partial charge in [0.1, 0.15) is 0 Å². The second-order valence-corrected chi connectivity index (χ2v) is 3.79. The van der Waals surface area contributed by atoms with E-state index in [0.717, 1.165) is 31.6 Å². The van der Waals surface area contributed by atoms with Gasteiger partial charge in [-0.15, -0.1) is 12.4 Å². The summed E-state index contributed by atoms with van der Waals surface area (Å²) in [7, 11) is 0. The monoisotopic (exact) mass is 228 g/mol. The van der Waals surface area contributed by atoms with Crippen LogP contribution in [0.25, 0.3) is 0 Å². The predicted octanol–water partition coefficient (Wildman–Crippen LogP) is 1.54. The largest absolute Gasteiger partial charge is 0.387 e. The number of piperidine rings is 1. The standard InChI is InChI=1S/C11H16N2O.ClH/c14-11(9-4-7-12-8-5-9)10-3-1-2-6-13-10;/h1-3,6,9,11-12,14H,4-5,7-8H2;1H. The molecule has 1 aromatic rings. The van der Waals surface area contributed by atoms with Gasteiger partial charge in [-0.2, -0.15) is 0 Å². The number of halogens is 1. The average molecular weight is 229 g/mol. The number of nitrogens with zero attached hydrogens (tertiary/aromatic N) is 1. The maximum Gasteiger partial charge on any atom is 0.0988 e. The van der Waals surface area contributed by atoms with E-state index in [2.05, 4.69) is 10.3 Å². The molecule has 1 aliphatic rings. The van der Waals surface area contributed by atoms with Crippen LogP contribution in [0.3, 0.4) is 0 Å². The van der Waals surface area contributed by atoms with Crippen molar-refractivity contribution in [3.8, 4) is 0 Å². The fraction of sp³-hybridized carbons (Fsp3) is 0.545. The van der Waals surface area contributed by atoms with Crippen molar-refractivity contribution in [1.29, 1.82) is 0 Å². The van der Waals surface area contributed by atoms with Gasteiger partial charge in [0.25, 0.3) is 0 Å². The summed E-state index contributed by atoms with van der Waals surface area (Å²) in [5, 5.41) is 13.3. The minimum absolute atomic E-state index is 0. The summed E-state index contributed by atoms with van der Waals surface area (Å²) in [6.07, 6.45) is 3.42. The summed E-state index contributed by atoms with van der Waals surface area (Å²) in [4.78, 5) is 4.18. The molecule has 3 nitrogen and oxygen atoms in total. The zero-order chi connectivity index (χ0) is 9.80. The number of pyridine rings is 1. The number of hydrogen-bond acceptors (Lipinski definition) is 3. The molecule has 0 aromatic carbocycles. The second kappa shape index (κ2) is 6.05. The van der Waals surface area contributed by atoms with Gasteiger partial charge in [0.2, 0.25) is 0 Å². The second-order valence-electron chi connectivity index (χ2n) is 3.79. The first-order chi connectivity index (χ1) is 6.88. The number of aliphatic hydroxyl groups excluding tert-OH is 1. The highest BCUT2D eigenvalue weighted by atomic mass is 35.5. The molecule has 0 saturated carbocycles. The van der Waals surface area contributed by atoms with Crippen LogP contribution in [0.2, 0.25) is 0 Å². The molecular weight excluding hydrogens is 212 g/mol. The minimum Gasteiger partial charge on any atom is -0.387 e. The zero-order valence-electron chi connectivity index (χ0n) is 8.60. The Kier molecular flexibility index (Phi) is 5.02. The van der Waals surface area contributed by atoms with Gasteiger partial charge in [-0.1, -0.05) is 6.07 Å². The third-order valence-electron chi connectivity index (χ3n) is 2.82. The van der Waals surface area contributed by atoms with Crippen LogP contribution in [0, 0.1) is 5.92 Å². The molecule has 1 fully saturated rings. The molecular formula is C11H17ClN2O. The Morgan fingerprint density at radius 2 is 2.07 bits per heavy atom.